The second-order valence-electron chi connectivity index (χ2n) is 17.4. The number of anilines is 2. The van der Waals surface area contributed by atoms with Crippen molar-refractivity contribution in [1.82, 2.24) is 0 Å². The van der Waals surface area contributed by atoms with Crippen LogP contribution in [0.4, 0.5) is 11.4 Å². The van der Waals surface area contributed by atoms with Crippen molar-refractivity contribution in [2.75, 3.05) is 4.90 Å². The van der Waals surface area contributed by atoms with Gasteiger partial charge in [-0.25, -0.2) is 0 Å². The van der Waals surface area contributed by atoms with E-state index in [1.165, 1.54) is 79.0 Å². The summed E-state index contributed by atoms with van der Waals surface area (Å²) in [5.41, 5.74) is 17.6. The molecule has 1 saturated carbocycles. The molecule has 1 heteroatoms. The van der Waals surface area contributed by atoms with Crippen molar-refractivity contribution in [2.45, 2.75) is 70.8 Å². The Hall–Kier alpha value is -4.88. The van der Waals surface area contributed by atoms with Crippen molar-refractivity contribution in [1.29, 1.82) is 0 Å². The predicted octanol–water partition coefficient (Wildman–Crippen LogP) is 12.7. The minimum Gasteiger partial charge on any atom is -0.334 e. The first-order valence-electron chi connectivity index (χ1n) is 18.5. The summed E-state index contributed by atoms with van der Waals surface area (Å²) < 4.78 is 0. The second-order valence-corrected chi connectivity index (χ2v) is 17.4. The lowest BCUT2D eigenvalue weighted by molar-refractivity contribution is -0.0236. The van der Waals surface area contributed by atoms with Gasteiger partial charge in [-0.05, 0) is 122 Å². The predicted molar refractivity (Wildman–Crippen MR) is 209 cm³/mol. The number of para-hydroxylation sites is 1. The van der Waals surface area contributed by atoms with E-state index in [4.69, 9.17) is 0 Å². The van der Waals surface area contributed by atoms with Crippen LogP contribution in [0.1, 0.15) is 82.2 Å². The van der Waals surface area contributed by atoms with Crippen molar-refractivity contribution in [2.24, 2.45) is 10.8 Å². The van der Waals surface area contributed by atoms with Gasteiger partial charge >= 0.3 is 0 Å². The molecule has 50 heavy (non-hydrogen) atoms. The molecule has 0 N–H and O–H groups in total. The second kappa shape index (κ2) is 9.67. The molecule has 0 aromatic heterocycles. The van der Waals surface area contributed by atoms with Crippen molar-refractivity contribution < 1.29 is 0 Å². The van der Waals surface area contributed by atoms with E-state index < -0.39 is 0 Å². The maximum atomic E-state index is 2.70. The first-order chi connectivity index (χ1) is 24.0. The Morgan fingerprint density at radius 1 is 0.440 bits per heavy atom. The van der Waals surface area contributed by atoms with E-state index in [0.29, 0.717) is 0 Å². The van der Waals surface area contributed by atoms with Crippen LogP contribution in [0.3, 0.4) is 0 Å². The van der Waals surface area contributed by atoms with Gasteiger partial charge < -0.3 is 4.90 Å². The van der Waals surface area contributed by atoms with Crippen molar-refractivity contribution in [3.8, 4) is 33.4 Å². The summed E-state index contributed by atoms with van der Waals surface area (Å²) in [7, 11) is 0. The van der Waals surface area contributed by atoms with Crippen LogP contribution >= 0.6 is 0 Å². The number of rotatable bonds is 2. The molecule has 0 radical (unpaired) electrons. The van der Waals surface area contributed by atoms with Gasteiger partial charge in [0.15, 0.2) is 0 Å². The van der Waals surface area contributed by atoms with E-state index in [1.54, 1.807) is 0 Å². The topological polar surface area (TPSA) is 3.24 Å². The van der Waals surface area contributed by atoms with Gasteiger partial charge in [-0.2, -0.15) is 0 Å². The highest BCUT2D eigenvalue weighted by Gasteiger charge is 2.67. The number of benzene rings is 6. The highest BCUT2D eigenvalue weighted by Crippen LogP contribution is 2.70. The van der Waals surface area contributed by atoms with Crippen LogP contribution in [-0.4, -0.2) is 5.54 Å². The van der Waals surface area contributed by atoms with Crippen LogP contribution in [0.5, 0.6) is 0 Å². The smallest absolute Gasteiger partial charge is 0.0725 e. The molecule has 2 atom stereocenters. The van der Waals surface area contributed by atoms with Crippen LogP contribution in [-0.2, 0) is 10.8 Å². The summed E-state index contributed by atoms with van der Waals surface area (Å²) in [6.07, 6.45) is 2.33. The fourth-order valence-corrected chi connectivity index (χ4v) is 12.1. The molecule has 3 aliphatic carbocycles. The number of fused-ring (bicyclic) bond motifs is 13. The third-order valence-corrected chi connectivity index (χ3v) is 13.8. The molecule has 1 spiro atoms. The Balaban J connectivity index is 1.19. The quantitative estimate of drug-likeness (QED) is 0.180. The summed E-state index contributed by atoms with van der Waals surface area (Å²) >= 11 is 0. The van der Waals surface area contributed by atoms with E-state index in [-0.39, 0.29) is 27.2 Å². The molecule has 10 rings (SSSR count). The lowest BCUT2D eigenvalue weighted by Gasteiger charge is -2.62. The number of hydrogen-bond acceptors (Lipinski definition) is 1. The van der Waals surface area contributed by atoms with Gasteiger partial charge in [-0.15, -0.1) is 0 Å². The molecule has 4 aliphatic rings. The van der Waals surface area contributed by atoms with Gasteiger partial charge in [0.2, 0.25) is 0 Å². The maximum Gasteiger partial charge on any atom is 0.0725 e. The maximum absolute atomic E-state index is 2.70. The van der Waals surface area contributed by atoms with Crippen LogP contribution in [0.2, 0.25) is 0 Å². The van der Waals surface area contributed by atoms with Crippen molar-refractivity contribution >= 4 is 11.4 Å². The van der Waals surface area contributed by atoms with E-state index in [0.717, 1.165) is 6.42 Å². The Bertz CT molecular complexity index is 2330. The minimum absolute atomic E-state index is 0.0542. The molecular weight excluding hydrogens is 603 g/mol. The lowest BCUT2D eigenvalue weighted by Crippen LogP contribution is -2.65. The molecule has 1 heterocycles. The third-order valence-electron chi connectivity index (χ3n) is 13.8. The largest absolute Gasteiger partial charge is 0.334 e. The van der Waals surface area contributed by atoms with Gasteiger partial charge in [0.1, 0.15) is 0 Å². The fraction of sp³-hybridized carbons (Fsp3) is 0.265. The molecule has 0 saturated heterocycles. The minimum atomic E-state index is -0.306. The Labute approximate surface area is 297 Å². The summed E-state index contributed by atoms with van der Waals surface area (Å²) in [4.78, 5) is 2.70. The SMILES string of the molecule is CC1(C)CC(C)(C)C2(C)c3cc(-c4ccc5c(c4)-c4ccccc4C54c5ccccc5-c5ccccc54)ccc3N(c3ccccc3)C2(C)C1. The molecule has 1 fully saturated rings. The van der Waals surface area contributed by atoms with Gasteiger partial charge in [0.25, 0.3) is 0 Å². The highest BCUT2D eigenvalue weighted by molar-refractivity contribution is 5.96. The van der Waals surface area contributed by atoms with Crippen molar-refractivity contribution in [3.05, 3.63) is 167 Å². The zero-order valence-electron chi connectivity index (χ0n) is 30.1. The summed E-state index contributed by atoms with van der Waals surface area (Å²) in [5, 5.41) is 0. The fourth-order valence-electron chi connectivity index (χ4n) is 12.1. The molecule has 1 nitrogen and oxygen atoms in total. The van der Waals surface area contributed by atoms with Crippen molar-refractivity contribution in [3.63, 3.8) is 0 Å². The van der Waals surface area contributed by atoms with Crippen LogP contribution < -0.4 is 4.90 Å². The summed E-state index contributed by atoms with van der Waals surface area (Å²) in [5.74, 6) is 0. The highest BCUT2D eigenvalue weighted by atomic mass is 15.3. The average Bonchev–Trinajstić information content (AvgIpc) is 3.65. The zero-order chi connectivity index (χ0) is 34.3. The van der Waals surface area contributed by atoms with Crippen LogP contribution in [0, 0.1) is 10.8 Å². The van der Waals surface area contributed by atoms with Crippen LogP contribution in [0.15, 0.2) is 140 Å². The average molecular weight is 648 g/mol. The molecule has 2 unspecified atom stereocenters. The number of hydrogen-bond donors (Lipinski definition) is 0. The lowest BCUT2D eigenvalue weighted by atomic mass is 9.45. The molecule has 1 aliphatic heterocycles. The normalized spacial score (nSPS) is 23.8. The zero-order valence-corrected chi connectivity index (χ0v) is 30.1. The molecule has 6 aromatic carbocycles. The Kier molecular flexibility index (Phi) is 5.80. The number of nitrogens with zero attached hydrogens (tertiary/aromatic N) is 1. The van der Waals surface area contributed by atoms with E-state index in [1.807, 2.05) is 0 Å². The van der Waals surface area contributed by atoms with E-state index in [2.05, 4.69) is 186 Å². The van der Waals surface area contributed by atoms with Gasteiger partial charge in [-0.1, -0.05) is 144 Å². The molecule has 6 aromatic rings. The summed E-state index contributed by atoms with van der Waals surface area (Å²) in [6.45, 7) is 15.1. The summed E-state index contributed by atoms with van der Waals surface area (Å²) in [6, 6.07) is 53.1. The third kappa shape index (κ3) is 3.49. The first-order valence-corrected chi connectivity index (χ1v) is 18.5. The monoisotopic (exact) mass is 647 g/mol. The standard InChI is InChI=1S/C49H45N/c1-45(2)30-46(3,4)48(6)43-29-33(25-27-44(43)50(47(48,5)31-45)34-16-8-7-9-17-34)32-24-26-42-38(28-32)37-20-12-15-23-41(37)49(42)39-21-13-10-18-35(39)36-19-11-14-22-40(36)49/h7-29H,30-31H2,1-6H3. The molecular formula is C49H45N. The molecule has 246 valence electrons. The Morgan fingerprint density at radius 2 is 0.940 bits per heavy atom. The Morgan fingerprint density at radius 3 is 1.56 bits per heavy atom. The van der Waals surface area contributed by atoms with Gasteiger partial charge in [0, 0.05) is 16.8 Å². The van der Waals surface area contributed by atoms with Gasteiger partial charge in [-0.3, -0.25) is 0 Å². The van der Waals surface area contributed by atoms with E-state index in [9.17, 15) is 0 Å². The first kappa shape index (κ1) is 30.0. The molecule has 0 amide bonds. The van der Waals surface area contributed by atoms with Gasteiger partial charge in [0.05, 0.1) is 11.0 Å². The molecule has 0 bridgehead atoms. The van der Waals surface area contributed by atoms with E-state index >= 15 is 0 Å². The van der Waals surface area contributed by atoms with Crippen LogP contribution in [0.25, 0.3) is 33.4 Å².